The van der Waals surface area contributed by atoms with Crippen molar-refractivity contribution in [2.24, 2.45) is 5.92 Å². The van der Waals surface area contributed by atoms with Crippen LogP contribution in [0.15, 0.2) is 73.3 Å². The molecule has 0 aromatic heterocycles. The molecule has 3 heteroatoms. The Kier molecular flexibility index (Phi) is 6.70. The van der Waals surface area contributed by atoms with Crippen LogP contribution in [-0.2, 0) is 4.79 Å². The van der Waals surface area contributed by atoms with E-state index in [0.717, 1.165) is 42.1 Å². The molecule has 3 rings (SSSR count). The minimum atomic E-state index is -0.409. The lowest BCUT2D eigenvalue weighted by Gasteiger charge is -2.28. The Morgan fingerprint density at radius 1 is 0.964 bits per heavy atom. The van der Waals surface area contributed by atoms with Gasteiger partial charge in [-0.3, -0.25) is 0 Å². The molecule has 0 spiro atoms. The largest absolute Gasteiger partial charge is 0.490 e. The maximum atomic E-state index is 11.6. The Balaban J connectivity index is 1.56. The third-order valence-corrected chi connectivity index (χ3v) is 5.20. The molecule has 0 bridgehead atoms. The molecule has 1 aliphatic carbocycles. The van der Waals surface area contributed by atoms with Gasteiger partial charge < -0.3 is 9.47 Å². The van der Waals surface area contributed by atoms with Crippen molar-refractivity contribution in [2.45, 2.75) is 45.1 Å². The minimum Gasteiger partial charge on any atom is -0.490 e. The molecule has 1 saturated carbocycles. The molecule has 0 saturated heterocycles. The average molecular weight is 376 g/mol. The zero-order valence-corrected chi connectivity index (χ0v) is 16.5. The lowest BCUT2D eigenvalue weighted by Crippen LogP contribution is -2.23. The summed E-state index contributed by atoms with van der Waals surface area (Å²) in [4.78, 5) is 11.6. The van der Waals surface area contributed by atoms with E-state index in [2.05, 4.69) is 25.3 Å². The molecule has 0 radical (unpaired) electrons. The van der Waals surface area contributed by atoms with Crippen molar-refractivity contribution in [1.82, 2.24) is 0 Å². The van der Waals surface area contributed by atoms with E-state index in [9.17, 15) is 4.79 Å². The second-order valence-corrected chi connectivity index (χ2v) is 7.50. The number of ether oxygens (including phenoxy) is 2. The molecule has 0 atom stereocenters. The van der Waals surface area contributed by atoms with Crippen LogP contribution in [0, 0.1) is 5.92 Å². The summed E-state index contributed by atoms with van der Waals surface area (Å²) in [6.45, 7) is 9.06. The number of rotatable bonds is 7. The van der Waals surface area contributed by atoms with E-state index in [1.165, 1.54) is 12.8 Å². The summed E-state index contributed by atoms with van der Waals surface area (Å²) in [5.41, 5.74) is 2.54. The van der Waals surface area contributed by atoms with Gasteiger partial charge in [-0.1, -0.05) is 36.9 Å². The van der Waals surface area contributed by atoms with Crippen LogP contribution < -0.4 is 9.47 Å². The van der Waals surface area contributed by atoms with Gasteiger partial charge in [0.15, 0.2) is 0 Å². The number of carbonyl (C=O) groups is 1. The van der Waals surface area contributed by atoms with Crippen molar-refractivity contribution in [1.29, 1.82) is 0 Å². The van der Waals surface area contributed by atoms with E-state index >= 15 is 0 Å². The van der Waals surface area contributed by atoms with Gasteiger partial charge in [0.1, 0.15) is 11.5 Å². The number of hydrogen-bond donors (Lipinski definition) is 0. The van der Waals surface area contributed by atoms with E-state index in [1.807, 2.05) is 30.3 Å². The number of carbonyl (C=O) groups excluding carboxylic acids is 1. The van der Waals surface area contributed by atoms with Crippen LogP contribution in [0.3, 0.4) is 0 Å². The number of hydrogen-bond acceptors (Lipinski definition) is 3. The van der Waals surface area contributed by atoms with Gasteiger partial charge in [-0.2, -0.15) is 0 Å². The highest BCUT2D eigenvalue weighted by Gasteiger charge is 2.21. The number of benzene rings is 2. The first-order chi connectivity index (χ1) is 13.5. The Morgan fingerprint density at radius 3 is 2.00 bits per heavy atom. The minimum absolute atomic E-state index is 0.314. The van der Waals surface area contributed by atoms with Crippen LogP contribution >= 0.6 is 0 Å². The molecule has 0 unspecified atom stereocenters. The SMILES string of the molecule is C=CCC1CCC(Oc2ccc(-c3ccc(OC(=O)C(=C)C)cc3)cc2)CC1. The summed E-state index contributed by atoms with van der Waals surface area (Å²) >= 11 is 0. The molecule has 0 aliphatic heterocycles. The van der Waals surface area contributed by atoms with Crippen LogP contribution in [0.4, 0.5) is 0 Å². The summed E-state index contributed by atoms with van der Waals surface area (Å²) in [7, 11) is 0. The monoisotopic (exact) mass is 376 g/mol. The van der Waals surface area contributed by atoms with Crippen molar-refractivity contribution in [3.8, 4) is 22.6 Å². The predicted octanol–water partition coefficient (Wildman–Crippen LogP) is 6.35. The molecule has 146 valence electrons. The van der Waals surface area contributed by atoms with Crippen LogP contribution in [0.2, 0.25) is 0 Å². The van der Waals surface area contributed by atoms with E-state index < -0.39 is 5.97 Å². The second-order valence-electron chi connectivity index (χ2n) is 7.50. The fourth-order valence-electron chi connectivity index (χ4n) is 3.55. The molecule has 1 aliphatic rings. The molecule has 3 nitrogen and oxygen atoms in total. The Bertz CT molecular complexity index is 810. The third kappa shape index (κ3) is 5.35. The van der Waals surface area contributed by atoms with Crippen molar-refractivity contribution in [3.05, 3.63) is 73.3 Å². The summed E-state index contributed by atoms with van der Waals surface area (Å²) in [5, 5.41) is 0. The van der Waals surface area contributed by atoms with Gasteiger partial charge in [0, 0.05) is 5.57 Å². The summed E-state index contributed by atoms with van der Waals surface area (Å²) < 4.78 is 11.4. The fourth-order valence-corrected chi connectivity index (χ4v) is 3.55. The maximum absolute atomic E-state index is 11.6. The van der Waals surface area contributed by atoms with Crippen molar-refractivity contribution >= 4 is 5.97 Å². The lowest BCUT2D eigenvalue weighted by molar-refractivity contribution is -0.130. The topological polar surface area (TPSA) is 35.5 Å². The first-order valence-electron chi connectivity index (χ1n) is 9.91. The highest BCUT2D eigenvalue weighted by atomic mass is 16.5. The van der Waals surface area contributed by atoms with E-state index in [4.69, 9.17) is 9.47 Å². The maximum Gasteiger partial charge on any atom is 0.338 e. The standard InChI is InChI=1S/C25H28O3/c1-4-5-19-6-12-22(13-7-19)27-23-14-8-20(9-15-23)21-10-16-24(17-11-21)28-25(26)18(2)3/h4,8-11,14-17,19,22H,1-2,5-7,12-13H2,3H3. The van der Waals surface area contributed by atoms with Gasteiger partial charge >= 0.3 is 5.97 Å². The molecule has 2 aromatic rings. The van der Waals surface area contributed by atoms with Gasteiger partial charge in [-0.25, -0.2) is 4.79 Å². The Labute approximate surface area is 167 Å². The number of esters is 1. The normalized spacial score (nSPS) is 18.9. The average Bonchev–Trinajstić information content (AvgIpc) is 2.71. The quantitative estimate of drug-likeness (QED) is 0.244. The Morgan fingerprint density at radius 2 is 1.50 bits per heavy atom. The third-order valence-electron chi connectivity index (χ3n) is 5.20. The van der Waals surface area contributed by atoms with Crippen molar-refractivity contribution in [3.63, 3.8) is 0 Å². The predicted molar refractivity (Wildman–Crippen MR) is 114 cm³/mol. The lowest BCUT2D eigenvalue weighted by atomic mass is 9.85. The first kappa shape index (κ1) is 19.9. The van der Waals surface area contributed by atoms with Gasteiger partial charge in [0.05, 0.1) is 6.10 Å². The van der Waals surface area contributed by atoms with Gasteiger partial charge in [-0.05, 0) is 80.3 Å². The highest BCUT2D eigenvalue weighted by Crippen LogP contribution is 2.31. The van der Waals surface area contributed by atoms with Crippen LogP contribution in [-0.4, -0.2) is 12.1 Å². The van der Waals surface area contributed by atoms with Gasteiger partial charge in [-0.15, -0.1) is 6.58 Å². The highest BCUT2D eigenvalue weighted by molar-refractivity contribution is 5.88. The van der Waals surface area contributed by atoms with E-state index in [0.29, 0.717) is 17.4 Å². The molecular formula is C25H28O3. The summed E-state index contributed by atoms with van der Waals surface area (Å²) in [5.74, 6) is 1.80. The summed E-state index contributed by atoms with van der Waals surface area (Å²) in [6.07, 6.45) is 8.13. The van der Waals surface area contributed by atoms with Gasteiger partial charge in [0.2, 0.25) is 0 Å². The molecule has 0 amide bonds. The molecule has 0 heterocycles. The molecule has 28 heavy (non-hydrogen) atoms. The van der Waals surface area contributed by atoms with Crippen LogP contribution in [0.5, 0.6) is 11.5 Å². The van der Waals surface area contributed by atoms with Crippen molar-refractivity contribution in [2.75, 3.05) is 0 Å². The smallest absolute Gasteiger partial charge is 0.338 e. The first-order valence-corrected chi connectivity index (χ1v) is 9.91. The Hall–Kier alpha value is -2.81. The zero-order valence-electron chi connectivity index (χ0n) is 16.5. The van der Waals surface area contributed by atoms with Crippen LogP contribution in [0.25, 0.3) is 11.1 Å². The van der Waals surface area contributed by atoms with E-state index in [1.54, 1.807) is 19.1 Å². The van der Waals surface area contributed by atoms with Crippen LogP contribution in [0.1, 0.15) is 39.0 Å². The zero-order chi connectivity index (χ0) is 19.9. The molecular weight excluding hydrogens is 348 g/mol. The molecule has 0 N–H and O–H groups in total. The van der Waals surface area contributed by atoms with Crippen molar-refractivity contribution < 1.29 is 14.3 Å². The molecule has 1 fully saturated rings. The molecule has 2 aromatic carbocycles. The number of allylic oxidation sites excluding steroid dienone is 1. The fraction of sp³-hybridized carbons (Fsp3) is 0.320. The second kappa shape index (κ2) is 9.41. The van der Waals surface area contributed by atoms with E-state index in [-0.39, 0.29) is 0 Å². The van der Waals surface area contributed by atoms with Gasteiger partial charge in [0.25, 0.3) is 0 Å². The summed E-state index contributed by atoms with van der Waals surface area (Å²) in [6, 6.07) is 15.7.